The first-order valence-electron chi connectivity index (χ1n) is 6.38. The molecule has 1 atom stereocenters. The number of aromatic nitrogens is 2. The molecule has 1 unspecified atom stereocenters. The van der Waals surface area contributed by atoms with Gasteiger partial charge in [0.05, 0.1) is 13.2 Å². The maximum absolute atomic E-state index is 5.60. The number of ether oxygens (including phenoxy) is 2. The van der Waals surface area contributed by atoms with E-state index in [-0.39, 0.29) is 0 Å². The molecule has 1 saturated heterocycles. The summed E-state index contributed by atoms with van der Waals surface area (Å²) in [5, 5.41) is 3.23. The van der Waals surface area contributed by atoms with E-state index < -0.39 is 5.79 Å². The molecule has 1 aromatic rings. The van der Waals surface area contributed by atoms with Gasteiger partial charge in [-0.15, -0.1) is 0 Å². The van der Waals surface area contributed by atoms with E-state index in [2.05, 4.69) is 22.2 Å². The van der Waals surface area contributed by atoms with Crippen LogP contribution in [0.4, 0.5) is 5.95 Å². The van der Waals surface area contributed by atoms with Gasteiger partial charge in [-0.05, 0) is 25.3 Å². The molecule has 1 fully saturated rings. The maximum Gasteiger partial charge on any atom is 0.222 e. The molecule has 0 aromatic carbocycles. The second kappa shape index (κ2) is 5.63. The Kier molecular flexibility index (Phi) is 4.14. The lowest BCUT2D eigenvalue weighted by molar-refractivity contribution is -0.153. The number of hydrogen-bond donors (Lipinski definition) is 1. The Bertz CT molecular complexity index is 374. The molecule has 0 saturated carbocycles. The largest absolute Gasteiger partial charge is 0.354 e. The Morgan fingerprint density at radius 3 is 2.56 bits per heavy atom. The smallest absolute Gasteiger partial charge is 0.222 e. The summed E-state index contributed by atoms with van der Waals surface area (Å²) in [6.07, 6.45) is 4.49. The predicted octanol–water partition coefficient (Wildman–Crippen LogP) is 1.99. The first-order valence-corrected chi connectivity index (χ1v) is 6.38. The van der Waals surface area contributed by atoms with Crippen molar-refractivity contribution in [1.82, 2.24) is 9.97 Å². The quantitative estimate of drug-likeness (QED) is 0.867. The molecular weight excluding hydrogens is 230 g/mol. The predicted molar refractivity (Wildman–Crippen MR) is 69.3 cm³/mol. The van der Waals surface area contributed by atoms with E-state index in [1.807, 2.05) is 26.2 Å². The van der Waals surface area contributed by atoms with Gasteiger partial charge in [0.2, 0.25) is 5.95 Å². The molecule has 2 rings (SSSR count). The fourth-order valence-electron chi connectivity index (χ4n) is 2.13. The number of hydrogen-bond acceptors (Lipinski definition) is 5. The van der Waals surface area contributed by atoms with Gasteiger partial charge in [-0.3, -0.25) is 0 Å². The summed E-state index contributed by atoms with van der Waals surface area (Å²) in [4.78, 5) is 8.43. The van der Waals surface area contributed by atoms with Crippen molar-refractivity contribution in [2.24, 2.45) is 5.92 Å². The van der Waals surface area contributed by atoms with Crippen LogP contribution >= 0.6 is 0 Å². The standard InChI is InChI=1S/C13H21N3O2/c1-10(6-13(3)17-4-5-18-13)7-14-12-15-8-11(2)9-16-12/h8-10H,4-7H2,1-3H3,(H,14,15,16). The molecule has 0 radical (unpaired) electrons. The molecule has 18 heavy (non-hydrogen) atoms. The topological polar surface area (TPSA) is 56.3 Å². The average molecular weight is 251 g/mol. The molecule has 5 nitrogen and oxygen atoms in total. The lowest BCUT2D eigenvalue weighted by atomic mass is 10.0. The summed E-state index contributed by atoms with van der Waals surface area (Å²) in [5.74, 6) is 0.679. The van der Waals surface area contributed by atoms with E-state index in [9.17, 15) is 0 Å². The number of nitrogens with zero attached hydrogens (tertiary/aromatic N) is 2. The van der Waals surface area contributed by atoms with Crippen molar-refractivity contribution in [3.8, 4) is 0 Å². The van der Waals surface area contributed by atoms with E-state index in [1.165, 1.54) is 0 Å². The summed E-state index contributed by atoms with van der Waals surface area (Å²) in [6, 6.07) is 0. The summed E-state index contributed by atoms with van der Waals surface area (Å²) < 4.78 is 11.2. The van der Waals surface area contributed by atoms with Crippen LogP contribution in [0.2, 0.25) is 0 Å². The zero-order valence-corrected chi connectivity index (χ0v) is 11.3. The SMILES string of the molecule is Cc1cnc(NCC(C)CC2(C)OCCO2)nc1. The molecule has 0 spiro atoms. The Labute approximate surface area is 108 Å². The van der Waals surface area contributed by atoms with Gasteiger partial charge < -0.3 is 14.8 Å². The minimum Gasteiger partial charge on any atom is -0.354 e. The fourth-order valence-corrected chi connectivity index (χ4v) is 2.13. The van der Waals surface area contributed by atoms with Gasteiger partial charge in [-0.1, -0.05) is 6.92 Å². The monoisotopic (exact) mass is 251 g/mol. The van der Waals surface area contributed by atoms with Crippen molar-refractivity contribution in [2.45, 2.75) is 33.0 Å². The minimum atomic E-state index is -0.421. The Hall–Kier alpha value is -1.20. The summed E-state index contributed by atoms with van der Waals surface area (Å²) in [7, 11) is 0. The van der Waals surface area contributed by atoms with Crippen molar-refractivity contribution in [2.75, 3.05) is 25.1 Å². The highest BCUT2D eigenvalue weighted by molar-refractivity contribution is 5.24. The highest BCUT2D eigenvalue weighted by Gasteiger charge is 2.32. The van der Waals surface area contributed by atoms with Crippen molar-refractivity contribution >= 4 is 5.95 Å². The second-order valence-electron chi connectivity index (χ2n) is 5.10. The van der Waals surface area contributed by atoms with Crippen LogP contribution in [-0.2, 0) is 9.47 Å². The van der Waals surface area contributed by atoms with E-state index >= 15 is 0 Å². The lowest BCUT2D eigenvalue weighted by Crippen LogP contribution is -2.30. The van der Waals surface area contributed by atoms with Gasteiger partial charge in [-0.2, -0.15) is 0 Å². The van der Waals surface area contributed by atoms with E-state index in [0.717, 1.165) is 18.5 Å². The van der Waals surface area contributed by atoms with Gasteiger partial charge in [0.25, 0.3) is 0 Å². The normalized spacial score (nSPS) is 19.7. The van der Waals surface area contributed by atoms with Gasteiger partial charge >= 0.3 is 0 Å². The van der Waals surface area contributed by atoms with E-state index in [0.29, 0.717) is 25.1 Å². The van der Waals surface area contributed by atoms with Gasteiger partial charge in [0, 0.05) is 25.4 Å². The Morgan fingerprint density at radius 2 is 1.94 bits per heavy atom. The first-order chi connectivity index (χ1) is 8.57. The van der Waals surface area contributed by atoms with Crippen molar-refractivity contribution < 1.29 is 9.47 Å². The Balaban J connectivity index is 1.77. The van der Waals surface area contributed by atoms with Crippen LogP contribution in [-0.4, -0.2) is 35.5 Å². The van der Waals surface area contributed by atoms with E-state index in [1.54, 1.807) is 0 Å². The summed E-state index contributed by atoms with van der Waals surface area (Å²) in [5.41, 5.74) is 1.06. The van der Waals surface area contributed by atoms with Gasteiger partial charge in [0.1, 0.15) is 0 Å². The third kappa shape index (κ3) is 3.65. The van der Waals surface area contributed by atoms with Crippen LogP contribution in [0.3, 0.4) is 0 Å². The van der Waals surface area contributed by atoms with Crippen LogP contribution in [0.1, 0.15) is 25.8 Å². The maximum atomic E-state index is 5.60. The third-order valence-electron chi connectivity index (χ3n) is 3.01. The molecule has 100 valence electrons. The molecule has 2 heterocycles. The number of nitrogens with one attached hydrogen (secondary N) is 1. The third-order valence-corrected chi connectivity index (χ3v) is 3.01. The fraction of sp³-hybridized carbons (Fsp3) is 0.692. The molecule has 1 N–H and O–H groups in total. The Morgan fingerprint density at radius 1 is 1.33 bits per heavy atom. The van der Waals surface area contributed by atoms with Crippen molar-refractivity contribution in [1.29, 1.82) is 0 Å². The van der Waals surface area contributed by atoms with Crippen LogP contribution in [0, 0.1) is 12.8 Å². The summed E-state index contributed by atoms with van der Waals surface area (Å²) in [6.45, 7) is 8.33. The van der Waals surface area contributed by atoms with Crippen LogP contribution < -0.4 is 5.32 Å². The van der Waals surface area contributed by atoms with Gasteiger partial charge in [-0.25, -0.2) is 9.97 Å². The van der Waals surface area contributed by atoms with Crippen LogP contribution in [0.5, 0.6) is 0 Å². The molecule has 0 aliphatic carbocycles. The molecule has 1 aliphatic rings. The first kappa shape index (κ1) is 13.2. The number of aryl methyl sites for hydroxylation is 1. The summed E-state index contributed by atoms with van der Waals surface area (Å²) >= 11 is 0. The van der Waals surface area contributed by atoms with Crippen molar-refractivity contribution in [3.05, 3.63) is 18.0 Å². The molecule has 0 amide bonds. The molecular formula is C13H21N3O2. The number of rotatable bonds is 5. The zero-order valence-electron chi connectivity index (χ0n) is 11.3. The highest BCUT2D eigenvalue weighted by atomic mass is 16.7. The average Bonchev–Trinajstić information content (AvgIpc) is 2.75. The van der Waals surface area contributed by atoms with Gasteiger partial charge in [0.15, 0.2) is 5.79 Å². The number of anilines is 1. The minimum absolute atomic E-state index is 0.421. The van der Waals surface area contributed by atoms with Crippen molar-refractivity contribution in [3.63, 3.8) is 0 Å². The highest BCUT2D eigenvalue weighted by Crippen LogP contribution is 2.26. The van der Waals surface area contributed by atoms with E-state index in [4.69, 9.17) is 9.47 Å². The van der Waals surface area contributed by atoms with Crippen LogP contribution in [0.25, 0.3) is 0 Å². The molecule has 0 bridgehead atoms. The molecule has 1 aliphatic heterocycles. The second-order valence-corrected chi connectivity index (χ2v) is 5.10. The molecule has 1 aromatic heterocycles. The van der Waals surface area contributed by atoms with Crippen LogP contribution in [0.15, 0.2) is 12.4 Å². The zero-order chi connectivity index (χ0) is 13.0. The molecule has 5 heteroatoms. The lowest BCUT2D eigenvalue weighted by Gasteiger charge is -2.25.